The number of hydrogen-bond acceptors (Lipinski definition) is 5. The lowest BCUT2D eigenvalue weighted by atomic mass is 10.1. The molecule has 8 heteroatoms. The molecule has 2 rings (SSSR count). The number of carbonyl (C=O) groups is 2. The molecule has 2 aromatic carbocycles. The van der Waals surface area contributed by atoms with Crippen LogP contribution in [0.5, 0.6) is 11.5 Å². The summed E-state index contributed by atoms with van der Waals surface area (Å²) in [5, 5.41) is 2.47. The Morgan fingerprint density at radius 3 is 2.50 bits per heavy atom. The Labute approximate surface area is 182 Å². The molecule has 1 atom stereocenters. The second kappa shape index (κ2) is 11.2. The van der Waals surface area contributed by atoms with Crippen molar-refractivity contribution in [3.8, 4) is 11.5 Å². The Balaban J connectivity index is 1.82. The summed E-state index contributed by atoms with van der Waals surface area (Å²) in [6.45, 7) is 8.17. The molecule has 0 saturated carbocycles. The number of hydrazine groups is 1. The van der Waals surface area contributed by atoms with E-state index in [9.17, 15) is 9.59 Å². The largest absolute Gasteiger partial charge is 0.494 e. The maximum absolute atomic E-state index is 12.3. The lowest BCUT2D eigenvalue weighted by Gasteiger charge is -2.17. The lowest BCUT2D eigenvalue weighted by Crippen LogP contribution is -2.51. The fourth-order valence-corrected chi connectivity index (χ4v) is 2.56. The van der Waals surface area contributed by atoms with E-state index in [1.807, 2.05) is 39.0 Å². The molecule has 1 unspecified atom stereocenters. The van der Waals surface area contributed by atoms with Crippen LogP contribution in [0.2, 0.25) is 0 Å². The van der Waals surface area contributed by atoms with Gasteiger partial charge in [0, 0.05) is 5.56 Å². The molecular formula is C22H27N3O4S. The summed E-state index contributed by atoms with van der Waals surface area (Å²) in [5.41, 5.74) is 7.55. The van der Waals surface area contributed by atoms with Gasteiger partial charge in [0.15, 0.2) is 11.2 Å². The second-order valence-electron chi connectivity index (χ2n) is 6.78. The third-order valence-corrected chi connectivity index (χ3v) is 4.46. The number of benzene rings is 2. The van der Waals surface area contributed by atoms with Crippen molar-refractivity contribution in [3.05, 3.63) is 59.2 Å². The van der Waals surface area contributed by atoms with E-state index in [2.05, 4.69) is 16.2 Å². The van der Waals surface area contributed by atoms with Gasteiger partial charge in [-0.1, -0.05) is 19.1 Å². The number of ether oxygens (including phenoxy) is 2. The first-order chi connectivity index (χ1) is 14.3. The van der Waals surface area contributed by atoms with E-state index in [0.717, 1.165) is 17.5 Å². The van der Waals surface area contributed by atoms with Crippen molar-refractivity contribution >= 4 is 29.1 Å². The van der Waals surface area contributed by atoms with Gasteiger partial charge in [-0.2, -0.15) is 0 Å². The van der Waals surface area contributed by atoms with Crippen LogP contribution < -0.4 is 25.6 Å². The standard InChI is InChI=1S/C22H27N3O4S/c1-5-11-28-18-8-6-7-17(13-18)21(27)23-22(30)25-24-20(26)16(4)29-19-10-9-14(2)15(3)12-19/h6-10,12-13,16H,5,11H2,1-4H3,(H,24,26)(H2,23,25,27,30). The third kappa shape index (κ3) is 7.04. The van der Waals surface area contributed by atoms with Crippen LogP contribution in [0.15, 0.2) is 42.5 Å². The van der Waals surface area contributed by atoms with Crippen LogP contribution in [0.4, 0.5) is 0 Å². The topological polar surface area (TPSA) is 88.7 Å². The summed E-state index contributed by atoms with van der Waals surface area (Å²) in [4.78, 5) is 24.5. The average Bonchev–Trinajstić information content (AvgIpc) is 2.73. The summed E-state index contributed by atoms with van der Waals surface area (Å²) in [5.74, 6) is 0.360. The van der Waals surface area contributed by atoms with Crippen LogP contribution in [0.1, 0.15) is 41.8 Å². The van der Waals surface area contributed by atoms with Gasteiger partial charge in [0.1, 0.15) is 11.5 Å². The Kier molecular flexibility index (Phi) is 8.61. The predicted molar refractivity (Wildman–Crippen MR) is 120 cm³/mol. The van der Waals surface area contributed by atoms with Gasteiger partial charge in [-0.3, -0.25) is 25.8 Å². The van der Waals surface area contributed by atoms with Crippen LogP contribution in [0.3, 0.4) is 0 Å². The molecular weight excluding hydrogens is 402 g/mol. The maximum Gasteiger partial charge on any atom is 0.279 e. The summed E-state index contributed by atoms with van der Waals surface area (Å²) in [6, 6.07) is 12.4. The summed E-state index contributed by atoms with van der Waals surface area (Å²) < 4.78 is 11.2. The van der Waals surface area contributed by atoms with E-state index in [1.54, 1.807) is 31.2 Å². The highest BCUT2D eigenvalue weighted by atomic mass is 32.1. The highest BCUT2D eigenvalue weighted by molar-refractivity contribution is 7.80. The molecule has 0 aliphatic rings. The predicted octanol–water partition coefficient (Wildman–Crippen LogP) is 3.20. The minimum atomic E-state index is -0.759. The molecule has 2 aromatic rings. The van der Waals surface area contributed by atoms with Crippen LogP contribution in [-0.4, -0.2) is 29.6 Å². The van der Waals surface area contributed by atoms with E-state index >= 15 is 0 Å². The molecule has 0 heterocycles. The van der Waals surface area contributed by atoms with Crippen molar-refractivity contribution in [1.29, 1.82) is 0 Å². The minimum Gasteiger partial charge on any atom is -0.494 e. The SMILES string of the molecule is CCCOc1cccc(C(=O)NC(=S)NNC(=O)C(C)Oc2ccc(C)c(C)c2)c1. The number of aryl methyl sites for hydroxylation is 2. The van der Waals surface area contributed by atoms with Crippen LogP contribution >= 0.6 is 12.2 Å². The first-order valence-electron chi connectivity index (χ1n) is 9.68. The van der Waals surface area contributed by atoms with Gasteiger partial charge < -0.3 is 9.47 Å². The number of rotatable bonds is 7. The van der Waals surface area contributed by atoms with Crippen molar-refractivity contribution in [2.45, 2.75) is 40.2 Å². The maximum atomic E-state index is 12.3. The number of carbonyl (C=O) groups excluding carboxylic acids is 2. The smallest absolute Gasteiger partial charge is 0.279 e. The monoisotopic (exact) mass is 429 g/mol. The van der Waals surface area contributed by atoms with Crippen molar-refractivity contribution in [2.75, 3.05) is 6.61 Å². The highest BCUT2D eigenvalue weighted by Crippen LogP contribution is 2.17. The minimum absolute atomic E-state index is 0.0355. The Hall–Kier alpha value is -3.13. The summed E-state index contributed by atoms with van der Waals surface area (Å²) in [6.07, 6.45) is 0.112. The Bertz CT molecular complexity index is 917. The van der Waals surface area contributed by atoms with E-state index < -0.39 is 17.9 Å². The fourth-order valence-electron chi connectivity index (χ4n) is 2.42. The van der Waals surface area contributed by atoms with Gasteiger partial charge in [-0.25, -0.2) is 0 Å². The first-order valence-corrected chi connectivity index (χ1v) is 10.1. The van der Waals surface area contributed by atoms with Gasteiger partial charge in [0.05, 0.1) is 6.61 Å². The molecule has 0 bridgehead atoms. The Morgan fingerprint density at radius 2 is 1.80 bits per heavy atom. The van der Waals surface area contributed by atoms with Gasteiger partial charge >= 0.3 is 0 Å². The van der Waals surface area contributed by atoms with Crippen molar-refractivity contribution < 1.29 is 19.1 Å². The van der Waals surface area contributed by atoms with Crippen LogP contribution in [0, 0.1) is 13.8 Å². The van der Waals surface area contributed by atoms with Gasteiger partial charge in [0.25, 0.3) is 11.8 Å². The molecule has 0 saturated heterocycles. The van der Waals surface area contributed by atoms with E-state index in [4.69, 9.17) is 21.7 Å². The zero-order chi connectivity index (χ0) is 22.1. The van der Waals surface area contributed by atoms with Crippen molar-refractivity contribution in [3.63, 3.8) is 0 Å². The lowest BCUT2D eigenvalue weighted by molar-refractivity contribution is -0.127. The number of hydrogen-bond donors (Lipinski definition) is 3. The van der Waals surface area contributed by atoms with Gasteiger partial charge in [-0.05, 0) is 80.9 Å². The van der Waals surface area contributed by atoms with E-state index in [0.29, 0.717) is 23.7 Å². The number of thiocarbonyl (C=S) groups is 1. The zero-order valence-corrected chi connectivity index (χ0v) is 18.4. The van der Waals surface area contributed by atoms with Gasteiger partial charge in [0.2, 0.25) is 0 Å². The molecule has 160 valence electrons. The van der Waals surface area contributed by atoms with Crippen LogP contribution in [0.25, 0.3) is 0 Å². The van der Waals surface area contributed by atoms with Crippen molar-refractivity contribution in [1.82, 2.24) is 16.2 Å². The molecule has 7 nitrogen and oxygen atoms in total. The summed E-state index contributed by atoms with van der Waals surface area (Å²) in [7, 11) is 0. The molecule has 0 radical (unpaired) electrons. The average molecular weight is 430 g/mol. The number of amides is 2. The third-order valence-electron chi connectivity index (χ3n) is 4.26. The molecule has 0 aromatic heterocycles. The molecule has 0 spiro atoms. The molecule has 3 N–H and O–H groups in total. The Morgan fingerprint density at radius 1 is 1.03 bits per heavy atom. The van der Waals surface area contributed by atoms with Gasteiger partial charge in [-0.15, -0.1) is 0 Å². The normalized spacial score (nSPS) is 11.2. The molecule has 0 fully saturated rings. The summed E-state index contributed by atoms with van der Waals surface area (Å²) >= 11 is 5.07. The fraction of sp³-hybridized carbons (Fsp3) is 0.318. The first kappa shape index (κ1) is 23.2. The van der Waals surface area contributed by atoms with Crippen molar-refractivity contribution in [2.24, 2.45) is 0 Å². The van der Waals surface area contributed by atoms with E-state index in [-0.39, 0.29) is 5.11 Å². The molecule has 0 aliphatic heterocycles. The zero-order valence-electron chi connectivity index (χ0n) is 17.6. The highest BCUT2D eigenvalue weighted by Gasteiger charge is 2.16. The van der Waals surface area contributed by atoms with Crippen LogP contribution in [-0.2, 0) is 4.79 Å². The quantitative estimate of drug-likeness (QED) is 0.463. The molecule has 0 aliphatic carbocycles. The molecule has 2 amide bonds. The van der Waals surface area contributed by atoms with E-state index in [1.165, 1.54) is 0 Å². The molecule has 30 heavy (non-hydrogen) atoms. The number of nitrogens with one attached hydrogen (secondary N) is 3. The second-order valence-corrected chi connectivity index (χ2v) is 7.19.